The third-order valence-corrected chi connectivity index (χ3v) is 5.05. The van der Waals surface area contributed by atoms with E-state index in [2.05, 4.69) is 44.6 Å². The molecule has 0 aromatic carbocycles. The van der Waals surface area contributed by atoms with Gasteiger partial charge in [0, 0.05) is 11.5 Å². The maximum absolute atomic E-state index is 8.28. The summed E-state index contributed by atoms with van der Waals surface area (Å²) in [7, 11) is 0. The minimum Gasteiger partial charge on any atom is -0.0940 e. The van der Waals surface area contributed by atoms with Crippen molar-refractivity contribution in [3.8, 4) is 0 Å². The lowest BCUT2D eigenvalue weighted by Crippen LogP contribution is -2.02. The summed E-state index contributed by atoms with van der Waals surface area (Å²) in [6.45, 7) is 12.4. The normalized spacial score (nSPS) is 15.2. The molecule has 3 unspecified atom stereocenters. The molecular formula is C20H41N3. The Bertz CT molecular complexity index is 308. The van der Waals surface area contributed by atoms with E-state index in [0.717, 1.165) is 24.2 Å². The Labute approximate surface area is 145 Å². The molecule has 0 saturated heterocycles. The Kier molecular flexibility index (Phi) is 14.4. The summed E-state index contributed by atoms with van der Waals surface area (Å²) >= 11 is 0. The number of hydrogen-bond donors (Lipinski definition) is 0. The fraction of sp³-hybridized carbons (Fsp3) is 1.00. The highest BCUT2D eigenvalue weighted by atomic mass is 15.1. The van der Waals surface area contributed by atoms with Gasteiger partial charge in [0.25, 0.3) is 0 Å². The maximum atomic E-state index is 8.28. The number of nitrogens with zero attached hydrogens (tertiary/aromatic N) is 3. The van der Waals surface area contributed by atoms with E-state index in [0.29, 0.717) is 12.5 Å². The van der Waals surface area contributed by atoms with Crippen LogP contribution in [0.25, 0.3) is 10.4 Å². The molecule has 0 bridgehead atoms. The molecule has 0 spiro atoms. The molecule has 3 atom stereocenters. The van der Waals surface area contributed by atoms with E-state index in [4.69, 9.17) is 5.53 Å². The summed E-state index contributed by atoms with van der Waals surface area (Å²) in [5.41, 5.74) is 8.28. The monoisotopic (exact) mass is 323 g/mol. The summed E-state index contributed by atoms with van der Waals surface area (Å²) in [6.07, 6.45) is 13.4. The molecule has 0 saturated carbocycles. The fourth-order valence-electron chi connectivity index (χ4n) is 3.26. The largest absolute Gasteiger partial charge is 0.0940 e. The van der Waals surface area contributed by atoms with Crippen LogP contribution in [0, 0.1) is 23.7 Å². The van der Waals surface area contributed by atoms with Crippen molar-refractivity contribution in [3.05, 3.63) is 10.4 Å². The molecule has 0 aromatic rings. The van der Waals surface area contributed by atoms with E-state index in [9.17, 15) is 0 Å². The molecule has 0 radical (unpaired) electrons. The first kappa shape index (κ1) is 22.3. The van der Waals surface area contributed by atoms with E-state index in [1.54, 1.807) is 0 Å². The van der Waals surface area contributed by atoms with Crippen molar-refractivity contribution < 1.29 is 0 Å². The van der Waals surface area contributed by atoms with Gasteiger partial charge in [0.1, 0.15) is 0 Å². The van der Waals surface area contributed by atoms with Crippen LogP contribution < -0.4 is 0 Å². The van der Waals surface area contributed by atoms with Crippen LogP contribution in [0.4, 0.5) is 0 Å². The van der Waals surface area contributed by atoms with Crippen LogP contribution in [0.1, 0.15) is 98.8 Å². The van der Waals surface area contributed by atoms with Crippen molar-refractivity contribution in [2.24, 2.45) is 28.8 Å². The third kappa shape index (κ3) is 16.0. The molecular weight excluding hydrogens is 282 g/mol. The zero-order valence-corrected chi connectivity index (χ0v) is 16.4. The van der Waals surface area contributed by atoms with Crippen molar-refractivity contribution in [2.75, 3.05) is 6.54 Å². The van der Waals surface area contributed by atoms with Gasteiger partial charge in [-0.15, -0.1) is 0 Å². The Hall–Kier alpha value is -0.690. The molecule has 0 N–H and O–H groups in total. The minimum absolute atomic E-state index is 0.655. The van der Waals surface area contributed by atoms with Crippen LogP contribution in [-0.4, -0.2) is 6.54 Å². The molecule has 0 heterocycles. The van der Waals surface area contributed by atoms with Crippen LogP contribution in [-0.2, 0) is 0 Å². The smallest absolute Gasteiger partial charge is 0.0260 e. The van der Waals surface area contributed by atoms with Crippen LogP contribution >= 0.6 is 0 Å². The van der Waals surface area contributed by atoms with Gasteiger partial charge in [-0.25, -0.2) is 0 Å². The first-order valence-electron chi connectivity index (χ1n) is 9.96. The van der Waals surface area contributed by atoms with Gasteiger partial charge in [0.2, 0.25) is 0 Å². The fourth-order valence-corrected chi connectivity index (χ4v) is 3.26. The lowest BCUT2D eigenvalue weighted by molar-refractivity contribution is 0.375. The Balaban J connectivity index is 3.52. The molecule has 0 aliphatic carbocycles. The van der Waals surface area contributed by atoms with Crippen LogP contribution in [0.5, 0.6) is 0 Å². The van der Waals surface area contributed by atoms with Crippen molar-refractivity contribution in [3.63, 3.8) is 0 Å². The second-order valence-electron chi connectivity index (χ2n) is 8.25. The van der Waals surface area contributed by atoms with Crippen LogP contribution in [0.3, 0.4) is 0 Å². The molecule has 0 aliphatic heterocycles. The van der Waals surface area contributed by atoms with Crippen molar-refractivity contribution in [2.45, 2.75) is 98.8 Å². The summed E-state index contributed by atoms with van der Waals surface area (Å²) in [4.78, 5) is 2.82. The average molecular weight is 324 g/mol. The zero-order valence-electron chi connectivity index (χ0n) is 16.4. The average Bonchev–Trinajstić information content (AvgIpc) is 2.47. The highest BCUT2D eigenvalue weighted by Crippen LogP contribution is 2.22. The van der Waals surface area contributed by atoms with Gasteiger partial charge in [-0.3, -0.25) is 0 Å². The van der Waals surface area contributed by atoms with Gasteiger partial charge < -0.3 is 0 Å². The summed E-state index contributed by atoms with van der Waals surface area (Å²) in [5, 5.41) is 3.62. The van der Waals surface area contributed by atoms with Crippen LogP contribution in [0.2, 0.25) is 0 Å². The molecule has 23 heavy (non-hydrogen) atoms. The molecule has 0 aromatic heterocycles. The Morgan fingerprint density at radius 2 is 1.04 bits per heavy atom. The van der Waals surface area contributed by atoms with Crippen molar-refractivity contribution in [1.82, 2.24) is 0 Å². The van der Waals surface area contributed by atoms with E-state index in [1.165, 1.54) is 57.8 Å². The second-order valence-corrected chi connectivity index (χ2v) is 8.25. The summed E-state index contributed by atoms with van der Waals surface area (Å²) in [6, 6.07) is 0. The molecule has 0 aliphatic rings. The SMILES string of the molecule is CC(C)CCCC(C)CCCC(C)CCCC(C)CCN=[N+]=[N-]. The van der Waals surface area contributed by atoms with Gasteiger partial charge in [-0.05, 0) is 35.6 Å². The topological polar surface area (TPSA) is 48.8 Å². The minimum atomic E-state index is 0.655. The first-order valence-corrected chi connectivity index (χ1v) is 9.96. The highest BCUT2D eigenvalue weighted by Gasteiger charge is 2.07. The van der Waals surface area contributed by atoms with Gasteiger partial charge in [-0.2, -0.15) is 0 Å². The van der Waals surface area contributed by atoms with Gasteiger partial charge in [0.05, 0.1) is 0 Å². The molecule has 0 rings (SSSR count). The number of azide groups is 1. The number of hydrogen-bond acceptors (Lipinski definition) is 1. The van der Waals surface area contributed by atoms with Crippen molar-refractivity contribution in [1.29, 1.82) is 0 Å². The number of rotatable bonds is 15. The first-order chi connectivity index (χ1) is 11.0. The van der Waals surface area contributed by atoms with E-state index in [1.807, 2.05) is 0 Å². The van der Waals surface area contributed by atoms with Gasteiger partial charge in [-0.1, -0.05) is 97.5 Å². The molecule has 3 nitrogen and oxygen atoms in total. The van der Waals surface area contributed by atoms with Gasteiger partial charge >= 0.3 is 0 Å². The molecule has 0 amide bonds. The third-order valence-electron chi connectivity index (χ3n) is 5.05. The van der Waals surface area contributed by atoms with E-state index >= 15 is 0 Å². The predicted molar refractivity (Wildman–Crippen MR) is 103 cm³/mol. The van der Waals surface area contributed by atoms with E-state index in [-0.39, 0.29) is 0 Å². The maximum Gasteiger partial charge on any atom is 0.0260 e. The summed E-state index contributed by atoms with van der Waals surface area (Å²) in [5.74, 6) is 3.31. The molecule has 0 fully saturated rings. The lowest BCUT2D eigenvalue weighted by atomic mass is 9.91. The highest BCUT2D eigenvalue weighted by molar-refractivity contribution is 4.61. The molecule has 136 valence electrons. The molecule has 3 heteroatoms. The Morgan fingerprint density at radius 1 is 0.652 bits per heavy atom. The zero-order chi connectivity index (χ0) is 17.5. The summed E-state index contributed by atoms with van der Waals surface area (Å²) < 4.78 is 0. The quantitative estimate of drug-likeness (QED) is 0.168. The van der Waals surface area contributed by atoms with Crippen LogP contribution in [0.15, 0.2) is 5.11 Å². The standard InChI is InChI=1S/C20H41N3/c1-17(2)9-6-10-18(3)11-7-12-19(4)13-8-14-20(5)15-16-22-23-21/h17-20H,6-16H2,1-5H3. The van der Waals surface area contributed by atoms with E-state index < -0.39 is 0 Å². The Morgan fingerprint density at radius 3 is 1.43 bits per heavy atom. The predicted octanol–water partition coefficient (Wildman–Crippen LogP) is 7.76. The second kappa shape index (κ2) is 14.9. The lowest BCUT2D eigenvalue weighted by Gasteiger charge is -2.16. The van der Waals surface area contributed by atoms with Crippen molar-refractivity contribution >= 4 is 0 Å². The van der Waals surface area contributed by atoms with Gasteiger partial charge in [0.15, 0.2) is 0 Å².